The van der Waals surface area contributed by atoms with Crippen molar-refractivity contribution in [1.29, 1.82) is 0 Å². The lowest BCUT2D eigenvalue weighted by molar-refractivity contribution is -0.202. The fourth-order valence-corrected chi connectivity index (χ4v) is 7.08. The minimum absolute atomic E-state index is 0.0598. The third kappa shape index (κ3) is 8.26. The summed E-state index contributed by atoms with van der Waals surface area (Å²) in [5.41, 5.74) is 2.37. The summed E-state index contributed by atoms with van der Waals surface area (Å²) in [7, 11) is -3.96. The number of hydroxylamine groups is 1. The first-order chi connectivity index (χ1) is 17.1. The van der Waals surface area contributed by atoms with E-state index in [0.29, 0.717) is 51.3 Å². The van der Waals surface area contributed by atoms with Gasteiger partial charge in [0, 0.05) is 58.8 Å². The van der Waals surface area contributed by atoms with Crippen LogP contribution in [-0.2, 0) is 33.9 Å². The molecule has 3 saturated heterocycles. The maximum atomic E-state index is 13.7. The molecule has 36 heavy (non-hydrogen) atoms. The van der Waals surface area contributed by atoms with Gasteiger partial charge in [0.25, 0.3) is 5.91 Å². The van der Waals surface area contributed by atoms with Gasteiger partial charge in [-0.1, -0.05) is 12.8 Å². The Labute approximate surface area is 211 Å². The van der Waals surface area contributed by atoms with E-state index in [9.17, 15) is 26.4 Å². The highest BCUT2D eigenvalue weighted by Gasteiger charge is 2.54. The Bertz CT molecular complexity index is 777. The zero-order valence-electron chi connectivity index (χ0n) is 20.7. The number of carbonyl (C=O) groups excluding carboxylic acids is 1. The molecule has 3 heterocycles. The van der Waals surface area contributed by atoms with Crippen LogP contribution in [0.2, 0.25) is 0 Å². The molecular weight excluding hydrogens is 505 g/mol. The largest absolute Gasteiger partial charge is 0.391 e. The highest BCUT2D eigenvalue weighted by Crippen LogP contribution is 2.36. The van der Waals surface area contributed by atoms with E-state index in [0.717, 1.165) is 25.7 Å². The Morgan fingerprint density at radius 2 is 1.75 bits per heavy atom. The van der Waals surface area contributed by atoms with Crippen LogP contribution in [0.15, 0.2) is 0 Å². The molecule has 0 bridgehead atoms. The van der Waals surface area contributed by atoms with E-state index in [1.807, 2.05) is 0 Å². The quantitative estimate of drug-likeness (QED) is 0.297. The number of amides is 1. The maximum Gasteiger partial charge on any atom is 0.391 e. The number of nitrogens with one attached hydrogen (secondary N) is 1. The average Bonchev–Trinajstić information content (AvgIpc) is 2.87. The first kappa shape index (κ1) is 29.6. The molecule has 1 unspecified atom stereocenters. The summed E-state index contributed by atoms with van der Waals surface area (Å²) in [6, 6.07) is 0. The van der Waals surface area contributed by atoms with Gasteiger partial charge in [-0.2, -0.15) is 13.2 Å². The zero-order valence-corrected chi connectivity index (χ0v) is 21.5. The highest BCUT2D eigenvalue weighted by molar-refractivity contribution is 7.91. The molecule has 1 amide bonds. The van der Waals surface area contributed by atoms with Gasteiger partial charge >= 0.3 is 6.18 Å². The van der Waals surface area contributed by atoms with Crippen molar-refractivity contribution >= 4 is 15.9 Å². The molecule has 13 heteroatoms. The lowest BCUT2D eigenvalue weighted by atomic mass is 9.92. The Hall–Kier alpha value is -0.990. The second kappa shape index (κ2) is 13.7. The number of carbonyl (C=O) groups is 1. The van der Waals surface area contributed by atoms with Gasteiger partial charge in [0.2, 0.25) is 10.0 Å². The van der Waals surface area contributed by atoms with Crippen LogP contribution in [0.4, 0.5) is 13.2 Å². The molecule has 1 N–H and O–H groups in total. The average molecular weight is 545 g/mol. The molecule has 3 aliphatic rings. The van der Waals surface area contributed by atoms with E-state index in [2.05, 4.69) is 5.48 Å². The molecule has 0 spiro atoms. The summed E-state index contributed by atoms with van der Waals surface area (Å²) >= 11 is 0. The van der Waals surface area contributed by atoms with Crippen LogP contribution in [0.25, 0.3) is 0 Å². The first-order valence-corrected chi connectivity index (χ1v) is 14.4. The third-order valence-corrected chi connectivity index (χ3v) is 9.85. The molecule has 3 rings (SSSR count). The van der Waals surface area contributed by atoms with E-state index in [4.69, 9.17) is 19.0 Å². The molecule has 0 aromatic heterocycles. The number of rotatable bonds is 12. The Kier molecular flexibility index (Phi) is 11.3. The number of hydrogen-bond acceptors (Lipinski definition) is 7. The molecule has 0 saturated carbocycles. The first-order valence-electron chi connectivity index (χ1n) is 12.9. The third-order valence-electron chi connectivity index (χ3n) is 7.22. The number of piperidine rings is 1. The van der Waals surface area contributed by atoms with Gasteiger partial charge in [-0.25, -0.2) is 23.0 Å². The number of unbranched alkanes of at least 4 members (excludes halogenated alkanes) is 1. The Morgan fingerprint density at radius 3 is 2.39 bits per heavy atom. The van der Waals surface area contributed by atoms with E-state index in [1.165, 1.54) is 4.31 Å². The topological polar surface area (TPSA) is 103 Å². The van der Waals surface area contributed by atoms with Crippen molar-refractivity contribution in [2.45, 2.75) is 87.8 Å². The van der Waals surface area contributed by atoms with E-state index in [1.54, 1.807) is 0 Å². The molecule has 0 aromatic carbocycles. The van der Waals surface area contributed by atoms with Gasteiger partial charge in [-0.15, -0.1) is 0 Å². The standard InChI is InChI=1S/C23H39F3N2O7S/c24-23(25,26)11-18-32-14-3-1-5-19-7-12-28(13-8-19)36(30,31)22(9-16-33-17-10-22)21(29)27-35-20-6-2-4-15-34-20/h19-20H,1-18H2,(H,27,29). The van der Waals surface area contributed by atoms with Crippen molar-refractivity contribution in [3.8, 4) is 0 Å². The van der Waals surface area contributed by atoms with Crippen LogP contribution in [0.3, 0.4) is 0 Å². The predicted octanol–water partition coefficient (Wildman–Crippen LogP) is 3.29. The number of sulfonamides is 1. The van der Waals surface area contributed by atoms with E-state index in [-0.39, 0.29) is 39.3 Å². The van der Waals surface area contributed by atoms with Crippen LogP contribution in [0.1, 0.15) is 70.6 Å². The van der Waals surface area contributed by atoms with Gasteiger partial charge < -0.3 is 14.2 Å². The van der Waals surface area contributed by atoms with Crippen molar-refractivity contribution in [2.24, 2.45) is 5.92 Å². The van der Waals surface area contributed by atoms with Gasteiger partial charge in [0.05, 0.1) is 13.0 Å². The van der Waals surface area contributed by atoms with Crippen molar-refractivity contribution in [3.63, 3.8) is 0 Å². The molecule has 3 aliphatic heterocycles. The minimum Gasteiger partial charge on any atom is -0.381 e. The lowest BCUT2D eigenvalue weighted by Gasteiger charge is -2.41. The van der Waals surface area contributed by atoms with Gasteiger partial charge in [0.1, 0.15) is 0 Å². The normalized spacial score (nSPS) is 24.5. The fraction of sp³-hybridized carbons (Fsp3) is 0.957. The molecule has 210 valence electrons. The fourth-order valence-electron chi connectivity index (χ4n) is 4.93. The van der Waals surface area contributed by atoms with Crippen molar-refractivity contribution in [1.82, 2.24) is 9.79 Å². The predicted molar refractivity (Wildman–Crippen MR) is 124 cm³/mol. The van der Waals surface area contributed by atoms with Crippen molar-refractivity contribution < 1.29 is 45.4 Å². The molecule has 3 fully saturated rings. The summed E-state index contributed by atoms with van der Waals surface area (Å²) in [4.78, 5) is 18.6. The van der Waals surface area contributed by atoms with Gasteiger partial charge in [-0.3, -0.25) is 4.79 Å². The minimum atomic E-state index is -4.20. The SMILES string of the molecule is O=C(NOC1CCCCO1)C1(S(=O)(=O)N2CCC(CCCCOCCC(F)(F)F)CC2)CCOCC1. The number of alkyl halides is 3. The van der Waals surface area contributed by atoms with E-state index < -0.39 is 39.6 Å². The number of halogens is 3. The number of nitrogens with zero attached hydrogens (tertiary/aromatic N) is 1. The molecular formula is C23H39F3N2O7S. The number of hydrogen-bond donors (Lipinski definition) is 1. The molecule has 0 aliphatic carbocycles. The van der Waals surface area contributed by atoms with Crippen molar-refractivity contribution in [2.75, 3.05) is 46.1 Å². The van der Waals surface area contributed by atoms with E-state index >= 15 is 0 Å². The number of ether oxygens (including phenoxy) is 3. The summed E-state index contributed by atoms with van der Waals surface area (Å²) in [5.74, 6) is -0.342. The Balaban J connectivity index is 1.45. The van der Waals surface area contributed by atoms with Crippen molar-refractivity contribution in [3.05, 3.63) is 0 Å². The lowest BCUT2D eigenvalue weighted by Crippen LogP contribution is -2.61. The smallest absolute Gasteiger partial charge is 0.381 e. The summed E-state index contributed by atoms with van der Waals surface area (Å²) < 4.78 is 79.5. The molecule has 0 aromatic rings. The zero-order chi connectivity index (χ0) is 26.1. The van der Waals surface area contributed by atoms with Gasteiger partial charge in [-0.05, 0) is 38.0 Å². The second-order valence-electron chi connectivity index (χ2n) is 9.77. The summed E-state index contributed by atoms with van der Waals surface area (Å²) in [6.45, 7) is 1.52. The second-order valence-corrected chi connectivity index (χ2v) is 12.0. The summed E-state index contributed by atoms with van der Waals surface area (Å²) in [6.07, 6.45) is 0.583. The Morgan fingerprint density at radius 1 is 1.03 bits per heavy atom. The highest BCUT2D eigenvalue weighted by atomic mass is 32.2. The van der Waals surface area contributed by atoms with Crippen LogP contribution < -0.4 is 5.48 Å². The molecule has 1 atom stereocenters. The van der Waals surface area contributed by atoms with Gasteiger partial charge in [0.15, 0.2) is 11.0 Å². The van der Waals surface area contributed by atoms with Crippen LogP contribution in [0, 0.1) is 5.92 Å². The van der Waals surface area contributed by atoms with Crippen LogP contribution in [0.5, 0.6) is 0 Å². The maximum absolute atomic E-state index is 13.7. The van der Waals surface area contributed by atoms with Crippen LogP contribution in [-0.4, -0.2) is 82.0 Å². The molecule has 0 radical (unpaired) electrons. The van der Waals surface area contributed by atoms with Crippen LogP contribution >= 0.6 is 0 Å². The molecule has 9 nitrogen and oxygen atoms in total. The monoisotopic (exact) mass is 544 g/mol. The summed E-state index contributed by atoms with van der Waals surface area (Å²) in [5, 5.41) is 0.